The molecule has 17 heavy (non-hydrogen) atoms. The maximum absolute atomic E-state index is 11.6. The van der Waals surface area contributed by atoms with Crippen molar-refractivity contribution in [3.63, 3.8) is 0 Å². The molecule has 0 radical (unpaired) electrons. The van der Waals surface area contributed by atoms with Crippen LogP contribution in [0.3, 0.4) is 0 Å². The highest BCUT2D eigenvalue weighted by Crippen LogP contribution is 2.09. The molecule has 100 valence electrons. The fourth-order valence-corrected chi connectivity index (χ4v) is 0.933. The summed E-state index contributed by atoms with van der Waals surface area (Å²) in [6.07, 6.45) is -0.629. The summed E-state index contributed by atoms with van der Waals surface area (Å²) in [5, 5.41) is 2.42. The lowest BCUT2D eigenvalue weighted by atomic mass is 10.2. The summed E-state index contributed by atoms with van der Waals surface area (Å²) in [6, 6.07) is -0.732. The first-order valence-corrected chi connectivity index (χ1v) is 5.63. The zero-order valence-corrected chi connectivity index (χ0v) is 11.7. The predicted octanol–water partition coefficient (Wildman–Crippen LogP) is 2.24. The van der Waals surface area contributed by atoms with Crippen molar-refractivity contribution in [1.82, 2.24) is 5.32 Å². The lowest BCUT2D eigenvalue weighted by Gasteiger charge is -2.24. The summed E-state index contributed by atoms with van der Waals surface area (Å²) in [4.78, 5) is 23.0. The van der Waals surface area contributed by atoms with Gasteiger partial charge in [-0.15, -0.1) is 0 Å². The molecule has 1 N–H and O–H groups in total. The number of amides is 1. The molecule has 0 fully saturated rings. The van der Waals surface area contributed by atoms with Crippen LogP contribution in [-0.2, 0) is 14.3 Å². The van der Waals surface area contributed by atoms with Crippen LogP contribution in [0.25, 0.3) is 0 Å². The van der Waals surface area contributed by atoms with Crippen LogP contribution in [0.5, 0.6) is 0 Å². The van der Waals surface area contributed by atoms with Crippen LogP contribution in [0.15, 0.2) is 0 Å². The second-order valence-corrected chi connectivity index (χ2v) is 5.90. The van der Waals surface area contributed by atoms with E-state index in [1.807, 2.05) is 0 Å². The molecule has 0 unspecified atom stereocenters. The highest BCUT2D eigenvalue weighted by molar-refractivity contribution is 5.81. The Morgan fingerprint density at radius 1 is 0.941 bits per heavy atom. The molecule has 0 heterocycles. The summed E-state index contributed by atoms with van der Waals surface area (Å²) >= 11 is 0. The summed E-state index contributed by atoms with van der Waals surface area (Å²) in [5.74, 6) is -0.483. The maximum atomic E-state index is 11.6. The Morgan fingerprint density at radius 3 is 1.71 bits per heavy atom. The van der Waals surface area contributed by atoms with E-state index in [0.29, 0.717) is 0 Å². The van der Waals surface area contributed by atoms with Crippen LogP contribution in [0, 0.1) is 0 Å². The largest absolute Gasteiger partial charge is 0.458 e. The van der Waals surface area contributed by atoms with Crippen LogP contribution in [0.2, 0.25) is 0 Å². The number of nitrogens with one attached hydrogen (secondary N) is 1. The molecule has 0 spiro atoms. The van der Waals surface area contributed by atoms with E-state index in [4.69, 9.17) is 9.47 Å². The number of carbonyl (C=O) groups excluding carboxylic acids is 2. The molecule has 0 aromatic heterocycles. The third-order valence-corrected chi connectivity index (χ3v) is 1.49. The predicted molar refractivity (Wildman–Crippen MR) is 64.7 cm³/mol. The summed E-state index contributed by atoms with van der Waals surface area (Å²) in [6.45, 7) is 12.1. The normalized spacial score (nSPS) is 13.8. The van der Waals surface area contributed by atoms with Gasteiger partial charge >= 0.3 is 12.1 Å². The fourth-order valence-electron chi connectivity index (χ4n) is 0.933. The topological polar surface area (TPSA) is 64.6 Å². The Balaban J connectivity index is 4.22. The second kappa shape index (κ2) is 5.38. The van der Waals surface area contributed by atoms with Crippen LogP contribution >= 0.6 is 0 Å². The van der Waals surface area contributed by atoms with Gasteiger partial charge in [0.2, 0.25) is 0 Å². The highest BCUT2D eigenvalue weighted by Gasteiger charge is 2.25. The van der Waals surface area contributed by atoms with Crippen molar-refractivity contribution in [2.24, 2.45) is 0 Å². The van der Waals surface area contributed by atoms with E-state index in [1.54, 1.807) is 48.5 Å². The minimum Gasteiger partial charge on any atom is -0.458 e. The summed E-state index contributed by atoms with van der Waals surface area (Å²) in [7, 11) is 0. The number of ether oxygens (including phenoxy) is 2. The van der Waals surface area contributed by atoms with Crippen molar-refractivity contribution in [1.29, 1.82) is 0 Å². The van der Waals surface area contributed by atoms with Crippen molar-refractivity contribution in [2.75, 3.05) is 0 Å². The maximum Gasteiger partial charge on any atom is 0.408 e. The molecular weight excluding hydrogens is 222 g/mol. The van der Waals surface area contributed by atoms with Gasteiger partial charge in [0.1, 0.15) is 17.2 Å². The second-order valence-electron chi connectivity index (χ2n) is 5.90. The molecule has 5 nitrogen and oxygen atoms in total. The number of hydrogen-bond donors (Lipinski definition) is 1. The molecule has 0 saturated heterocycles. The molecule has 0 bridgehead atoms. The smallest absolute Gasteiger partial charge is 0.408 e. The third-order valence-electron chi connectivity index (χ3n) is 1.49. The quantitative estimate of drug-likeness (QED) is 0.758. The monoisotopic (exact) mass is 245 g/mol. The minimum absolute atomic E-state index is 0.483. The lowest BCUT2D eigenvalue weighted by molar-refractivity contribution is -0.156. The van der Waals surface area contributed by atoms with Gasteiger partial charge in [0.15, 0.2) is 0 Å². The van der Waals surface area contributed by atoms with E-state index in [2.05, 4.69) is 5.32 Å². The Morgan fingerprint density at radius 2 is 1.35 bits per heavy atom. The van der Waals surface area contributed by atoms with E-state index in [-0.39, 0.29) is 0 Å². The van der Waals surface area contributed by atoms with E-state index in [1.165, 1.54) is 0 Å². The van der Waals surface area contributed by atoms with Crippen LogP contribution in [-0.4, -0.2) is 29.3 Å². The molecular formula is C12H23NO4. The molecule has 0 aromatic carbocycles. The molecule has 5 heteroatoms. The van der Waals surface area contributed by atoms with E-state index in [9.17, 15) is 9.59 Å². The van der Waals surface area contributed by atoms with Gasteiger partial charge in [-0.3, -0.25) is 0 Å². The van der Waals surface area contributed by atoms with Crippen LogP contribution in [0.4, 0.5) is 4.79 Å². The molecule has 0 rings (SSSR count). The average Bonchev–Trinajstić information content (AvgIpc) is 1.95. The van der Waals surface area contributed by atoms with Gasteiger partial charge < -0.3 is 14.8 Å². The highest BCUT2D eigenvalue weighted by atomic mass is 16.6. The van der Waals surface area contributed by atoms with Crippen molar-refractivity contribution in [3.8, 4) is 0 Å². The van der Waals surface area contributed by atoms with Crippen molar-refractivity contribution in [3.05, 3.63) is 0 Å². The standard InChI is InChI=1S/C12H23NO4/c1-8(9(14)16-11(2,3)4)13-10(15)17-12(5,6)7/h8H,1-7H3,(H,13,15)/t8-/m0/s1. The SMILES string of the molecule is C[C@H](NC(=O)OC(C)(C)C)C(=O)OC(C)(C)C. The summed E-state index contributed by atoms with van der Waals surface area (Å²) in [5.41, 5.74) is -1.15. The molecule has 0 saturated carbocycles. The van der Waals surface area contributed by atoms with E-state index < -0.39 is 29.3 Å². The zero-order valence-electron chi connectivity index (χ0n) is 11.7. The van der Waals surface area contributed by atoms with Gasteiger partial charge in [-0.2, -0.15) is 0 Å². The molecule has 0 aliphatic heterocycles. The van der Waals surface area contributed by atoms with Gasteiger partial charge in [0.05, 0.1) is 0 Å². The van der Waals surface area contributed by atoms with Crippen molar-refractivity contribution in [2.45, 2.75) is 65.7 Å². The number of hydrogen-bond acceptors (Lipinski definition) is 4. The number of alkyl carbamates (subject to hydrolysis) is 1. The third kappa shape index (κ3) is 8.54. The zero-order chi connectivity index (χ0) is 13.9. The van der Waals surface area contributed by atoms with Gasteiger partial charge in [0, 0.05) is 0 Å². The minimum atomic E-state index is -0.732. The molecule has 0 aliphatic carbocycles. The number of rotatable bonds is 2. The van der Waals surface area contributed by atoms with E-state index >= 15 is 0 Å². The van der Waals surface area contributed by atoms with Crippen LogP contribution in [0.1, 0.15) is 48.5 Å². The molecule has 0 aromatic rings. The van der Waals surface area contributed by atoms with Crippen LogP contribution < -0.4 is 5.32 Å². The van der Waals surface area contributed by atoms with Gasteiger partial charge in [-0.25, -0.2) is 9.59 Å². The average molecular weight is 245 g/mol. The lowest BCUT2D eigenvalue weighted by Crippen LogP contribution is -2.44. The molecule has 1 atom stereocenters. The van der Waals surface area contributed by atoms with Gasteiger partial charge in [-0.05, 0) is 48.5 Å². The Bertz CT molecular complexity index is 286. The Hall–Kier alpha value is -1.26. The van der Waals surface area contributed by atoms with Crippen molar-refractivity contribution < 1.29 is 19.1 Å². The van der Waals surface area contributed by atoms with Gasteiger partial charge in [0.25, 0.3) is 0 Å². The number of esters is 1. The first-order chi connectivity index (χ1) is 7.41. The number of carbonyl (C=O) groups is 2. The first-order valence-electron chi connectivity index (χ1n) is 5.63. The summed E-state index contributed by atoms with van der Waals surface area (Å²) < 4.78 is 10.2. The molecule has 1 amide bonds. The van der Waals surface area contributed by atoms with Gasteiger partial charge in [-0.1, -0.05) is 0 Å². The molecule has 0 aliphatic rings. The Kier molecular flexibility index (Phi) is 4.98. The first kappa shape index (κ1) is 15.7. The Labute approximate surface area is 103 Å². The van der Waals surface area contributed by atoms with E-state index in [0.717, 1.165) is 0 Å². The fraction of sp³-hybridized carbons (Fsp3) is 0.833. The van der Waals surface area contributed by atoms with Crippen molar-refractivity contribution >= 4 is 12.1 Å².